The fourth-order valence-electron chi connectivity index (χ4n) is 2.23. The zero-order valence-electron chi connectivity index (χ0n) is 10.9. The molecule has 20 heavy (non-hydrogen) atoms. The summed E-state index contributed by atoms with van der Waals surface area (Å²) in [4.78, 5) is 10.4. The lowest BCUT2D eigenvalue weighted by atomic mass is 10.1. The highest BCUT2D eigenvalue weighted by Crippen LogP contribution is 2.29. The van der Waals surface area contributed by atoms with Gasteiger partial charge in [-0.15, -0.1) is 0 Å². The van der Waals surface area contributed by atoms with Crippen LogP contribution in [-0.4, -0.2) is 21.9 Å². The lowest BCUT2D eigenvalue weighted by molar-refractivity contribution is -0.522. The second-order valence-electron chi connectivity index (χ2n) is 4.57. The van der Waals surface area contributed by atoms with Gasteiger partial charge < -0.3 is 4.74 Å². The number of rotatable bonds is 2. The Balaban J connectivity index is 2.06. The number of ether oxygens (including phenoxy) is 1. The van der Waals surface area contributed by atoms with Crippen LogP contribution in [0.15, 0.2) is 48.5 Å². The third-order valence-electron chi connectivity index (χ3n) is 3.23. The Morgan fingerprint density at radius 3 is 2.65 bits per heavy atom. The minimum absolute atomic E-state index is 0.0394. The van der Waals surface area contributed by atoms with Crippen molar-refractivity contribution in [2.24, 2.45) is 0 Å². The van der Waals surface area contributed by atoms with Crippen LogP contribution >= 0.6 is 0 Å². The summed E-state index contributed by atoms with van der Waals surface area (Å²) in [6.45, 7) is 1.91. The van der Waals surface area contributed by atoms with E-state index in [0.717, 1.165) is 11.3 Å². The van der Waals surface area contributed by atoms with Gasteiger partial charge in [0.1, 0.15) is 5.75 Å². The summed E-state index contributed by atoms with van der Waals surface area (Å²) in [5.41, 5.74) is 1.89. The average Bonchev–Trinajstić information content (AvgIpc) is 2.46. The summed E-state index contributed by atoms with van der Waals surface area (Å²) in [5, 5.41) is 10.8. The van der Waals surface area contributed by atoms with Crippen molar-refractivity contribution >= 4 is 17.6 Å². The monoisotopic (exact) mass is 269 g/mol. The Hall–Kier alpha value is -2.69. The van der Waals surface area contributed by atoms with Crippen LogP contribution < -0.4 is 4.74 Å². The van der Waals surface area contributed by atoms with E-state index in [1.165, 1.54) is 12.1 Å². The molecule has 0 saturated carbocycles. The average molecular weight is 269 g/mol. The van der Waals surface area contributed by atoms with Crippen molar-refractivity contribution in [3.8, 4) is 5.75 Å². The van der Waals surface area contributed by atoms with Crippen LogP contribution in [-0.2, 0) is 0 Å². The molecule has 0 aliphatic carbocycles. The summed E-state index contributed by atoms with van der Waals surface area (Å²) in [7, 11) is 0. The Bertz CT molecular complexity index is 696. The standard InChI is InChI=1S/C15H13N2O3/c1-11-16(13-5-3-2-4-6-13)10-12-7-8-14(17(18)19)9-15(12)20-11/h2-11H,1H3/q+1. The van der Waals surface area contributed by atoms with Crippen LogP contribution in [0.1, 0.15) is 12.5 Å². The minimum atomic E-state index is -0.419. The molecular weight excluding hydrogens is 256 g/mol. The first kappa shape index (κ1) is 12.3. The van der Waals surface area contributed by atoms with Crippen LogP contribution in [0.3, 0.4) is 0 Å². The summed E-state index contributed by atoms with van der Waals surface area (Å²) >= 11 is 0. The maximum atomic E-state index is 10.8. The Morgan fingerprint density at radius 2 is 1.95 bits per heavy atom. The van der Waals surface area contributed by atoms with Gasteiger partial charge in [0.15, 0.2) is 6.21 Å². The first-order chi connectivity index (χ1) is 9.65. The first-order valence-electron chi connectivity index (χ1n) is 6.28. The number of fused-ring (bicyclic) bond motifs is 1. The van der Waals surface area contributed by atoms with Crippen LogP contribution in [0, 0.1) is 10.1 Å². The number of nitro groups is 1. The fraction of sp³-hybridized carbons (Fsp3) is 0.133. The van der Waals surface area contributed by atoms with Crippen molar-refractivity contribution in [1.82, 2.24) is 0 Å². The van der Waals surface area contributed by atoms with Gasteiger partial charge >= 0.3 is 0 Å². The molecule has 1 heterocycles. The highest BCUT2D eigenvalue weighted by Gasteiger charge is 2.27. The van der Waals surface area contributed by atoms with E-state index >= 15 is 0 Å². The molecule has 3 rings (SSSR count). The van der Waals surface area contributed by atoms with Gasteiger partial charge in [-0.2, -0.15) is 4.58 Å². The number of hydrogen-bond donors (Lipinski definition) is 0. The van der Waals surface area contributed by atoms with Gasteiger partial charge in [0, 0.05) is 25.1 Å². The summed E-state index contributed by atoms with van der Waals surface area (Å²) < 4.78 is 7.77. The Kier molecular flexibility index (Phi) is 2.95. The number of non-ortho nitro benzene ring substituents is 1. The molecule has 0 amide bonds. The lowest BCUT2D eigenvalue weighted by Crippen LogP contribution is -2.30. The molecular formula is C15H13N2O3+. The van der Waals surface area contributed by atoms with Crippen LogP contribution in [0.4, 0.5) is 11.4 Å². The van der Waals surface area contributed by atoms with Gasteiger partial charge in [0.25, 0.3) is 11.9 Å². The molecule has 5 heteroatoms. The van der Waals surface area contributed by atoms with Gasteiger partial charge in [-0.25, -0.2) is 0 Å². The van der Waals surface area contributed by atoms with E-state index in [9.17, 15) is 10.1 Å². The van der Waals surface area contributed by atoms with Crippen molar-refractivity contribution in [1.29, 1.82) is 0 Å². The van der Waals surface area contributed by atoms with E-state index in [1.54, 1.807) is 6.07 Å². The summed E-state index contributed by atoms with van der Waals surface area (Å²) in [6, 6.07) is 14.5. The molecule has 2 aromatic rings. The highest BCUT2D eigenvalue weighted by atomic mass is 16.6. The molecule has 1 aliphatic rings. The third kappa shape index (κ3) is 2.14. The molecule has 5 nitrogen and oxygen atoms in total. The predicted octanol–water partition coefficient (Wildman–Crippen LogP) is 3.10. The van der Waals surface area contributed by atoms with Crippen LogP contribution in [0.5, 0.6) is 5.75 Å². The molecule has 2 aromatic carbocycles. The quantitative estimate of drug-likeness (QED) is 0.478. The van der Waals surface area contributed by atoms with Crippen molar-refractivity contribution in [2.45, 2.75) is 13.2 Å². The topological polar surface area (TPSA) is 55.4 Å². The number of nitrogens with zero attached hydrogens (tertiary/aromatic N) is 2. The highest BCUT2D eigenvalue weighted by molar-refractivity contribution is 5.82. The molecule has 0 bridgehead atoms. The predicted molar refractivity (Wildman–Crippen MR) is 74.7 cm³/mol. The molecule has 0 aromatic heterocycles. The molecule has 100 valence electrons. The fourth-order valence-corrected chi connectivity index (χ4v) is 2.23. The smallest absolute Gasteiger partial charge is 0.299 e. The van der Waals surface area contributed by atoms with Gasteiger partial charge in [-0.1, -0.05) is 18.2 Å². The summed E-state index contributed by atoms with van der Waals surface area (Å²) in [5.74, 6) is 0.541. The molecule has 1 aliphatic heterocycles. The maximum Gasteiger partial charge on any atom is 0.299 e. The zero-order valence-corrected chi connectivity index (χ0v) is 10.9. The molecule has 0 N–H and O–H groups in total. The number of hydrogen-bond acceptors (Lipinski definition) is 3. The summed E-state index contributed by atoms with van der Waals surface area (Å²) in [6.07, 6.45) is 1.73. The second-order valence-corrected chi connectivity index (χ2v) is 4.57. The number of nitro benzene ring substituents is 1. The van der Waals surface area contributed by atoms with Crippen molar-refractivity contribution < 1.29 is 14.2 Å². The van der Waals surface area contributed by atoms with Crippen LogP contribution in [0.2, 0.25) is 0 Å². The van der Waals surface area contributed by atoms with E-state index in [-0.39, 0.29) is 11.9 Å². The van der Waals surface area contributed by atoms with Gasteiger partial charge in [0.2, 0.25) is 5.69 Å². The van der Waals surface area contributed by atoms with E-state index < -0.39 is 4.92 Å². The Labute approximate surface area is 115 Å². The van der Waals surface area contributed by atoms with Crippen molar-refractivity contribution in [3.05, 3.63) is 64.2 Å². The largest absolute Gasteiger partial charge is 0.433 e. The molecule has 1 atom stereocenters. The van der Waals surface area contributed by atoms with E-state index in [4.69, 9.17) is 4.74 Å². The molecule has 0 fully saturated rings. The van der Waals surface area contributed by atoms with Crippen molar-refractivity contribution in [3.63, 3.8) is 0 Å². The maximum absolute atomic E-state index is 10.8. The Morgan fingerprint density at radius 1 is 1.20 bits per heavy atom. The zero-order chi connectivity index (χ0) is 14.1. The van der Waals surface area contributed by atoms with Gasteiger partial charge in [-0.3, -0.25) is 10.1 Å². The van der Waals surface area contributed by atoms with E-state index in [1.807, 2.05) is 48.0 Å². The van der Waals surface area contributed by atoms with Crippen LogP contribution in [0.25, 0.3) is 0 Å². The van der Waals surface area contributed by atoms with E-state index in [0.29, 0.717) is 5.75 Å². The number of benzene rings is 2. The molecule has 0 spiro atoms. The minimum Gasteiger partial charge on any atom is -0.433 e. The molecule has 1 unspecified atom stereocenters. The molecule has 0 saturated heterocycles. The SMILES string of the molecule is CC1Oc2cc([N+](=O)[O-])ccc2C=[N+]1c1ccccc1. The molecule has 0 radical (unpaired) electrons. The number of para-hydroxylation sites is 1. The van der Waals surface area contributed by atoms with Gasteiger partial charge in [0.05, 0.1) is 16.6 Å². The van der Waals surface area contributed by atoms with E-state index in [2.05, 4.69) is 0 Å². The lowest BCUT2D eigenvalue weighted by Gasteiger charge is -2.19. The third-order valence-corrected chi connectivity index (χ3v) is 3.23. The normalized spacial score (nSPS) is 16.9. The first-order valence-corrected chi connectivity index (χ1v) is 6.28. The second kappa shape index (κ2) is 4.77. The van der Waals surface area contributed by atoms with Gasteiger partial charge in [-0.05, 0) is 6.07 Å². The van der Waals surface area contributed by atoms with Crippen molar-refractivity contribution in [2.75, 3.05) is 0 Å².